The minimum atomic E-state index is -4.19. The van der Waals surface area contributed by atoms with E-state index < -0.39 is 38.4 Å². The van der Waals surface area contributed by atoms with E-state index in [0.29, 0.717) is 24.9 Å². The number of halogens is 3. The zero-order valence-corrected chi connectivity index (χ0v) is 18.6. The first-order valence-electron chi connectivity index (χ1n) is 9.91. The van der Waals surface area contributed by atoms with Gasteiger partial charge in [0, 0.05) is 24.3 Å². The molecule has 1 heterocycles. The molecule has 0 amide bonds. The normalized spacial score (nSPS) is 21.9. The lowest BCUT2D eigenvalue weighted by Crippen LogP contribution is -2.39. The summed E-state index contributed by atoms with van der Waals surface area (Å²) < 4.78 is 55.3. The molecule has 1 aliphatic rings. The van der Waals surface area contributed by atoms with Crippen LogP contribution in [0.5, 0.6) is 0 Å². The number of anilines is 1. The second kappa shape index (κ2) is 9.38. The van der Waals surface area contributed by atoms with Crippen LogP contribution >= 0.6 is 11.6 Å². The van der Waals surface area contributed by atoms with Crippen LogP contribution in [0.4, 0.5) is 14.5 Å². The zero-order valence-electron chi connectivity index (χ0n) is 17.0. The van der Waals surface area contributed by atoms with E-state index >= 15 is 0 Å². The number of nitrogens with one attached hydrogen (secondary N) is 1. The molecule has 0 aromatic heterocycles. The Labute approximate surface area is 185 Å². The summed E-state index contributed by atoms with van der Waals surface area (Å²) >= 11 is 5.73. The molecule has 6 nitrogen and oxygen atoms in total. The summed E-state index contributed by atoms with van der Waals surface area (Å²) in [5, 5.41) is 23.3. The average molecular weight is 475 g/mol. The molecule has 0 spiro atoms. The molecular weight excluding hydrogens is 450 g/mol. The molecular formula is C21H25ClF2N2O4S. The van der Waals surface area contributed by atoms with Crippen molar-refractivity contribution in [2.45, 2.75) is 49.3 Å². The monoisotopic (exact) mass is 474 g/mol. The van der Waals surface area contributed by atoms with Gasteiger partial charge in [0.15, 0.2) is 6.23 Å². The van der Waals surface area contributed by atoms with Gasteiger partial charge in [-0.1, -0.05) is 17.7 Å². The lowest BCUT2D eigenvalue weighted by molar-refractivity contribution is 0.0289. The molecule has 1 fully saturated rings. The van der Waals surface area contributed by atoms with Crippen LogP contribution in [0.2, 0.25) is 5.02 Å². The lowest BCUT2D eigenvalue weighted by Gasteiger charge is -2.31. The van der Waals surface area contributed by atoms with E-state index in [1.165, 1.54) is 22.5 Å². The summed E-state index contributed by atoms with van der Waals surface area (Å²) in [4.78, 5) is -0.553. The minimum absolute atomic E-state index is 0.0634. The third-order valence-corrected chi connectivity index (χ3v) is 7.59. The molecule has 2 unspecified atom stereocenters. The van der Waals surface area contributed by atoms with Gasteiger partial charge in [-0.2, -0.15) is 4.31 Å². The number of aliphatic hydroxyl groups excluding tert-OH is 1. The Kier molecular flexibility index (Phi) is 7.22. The Hall–Kier alpha value is -1.78. The number of sulfonamides is 1. The number of rotatable bonds is 5. The highest BCUT2D eigenvalue weighted by molar-refractivity contribution is 7.89. The largest absolute Gasteiger partial charge is 0.390 e. The molecule has 1 saturated heterocycles. The van der Waals surface area contributed by atoms with Crippen molar-refractivity contribution in [3.05, 3.63) is 58.6 Å². The number of aliphatic hydroxyl groups is 2. The predicted molar refractivity (Wildman–Crippen MR) is 114 cm³/mol. The maximum Gasteiger partial charge on any atom is 0.245 e. The first kappa shape index (κ1) is 23.9. The fourth-order valence-electron chi connectivity index (χ4n) is 3.49. The van der Waals surface area contributed by atoms with Crippen LogP contribution in [0.25, 0.3) is 0 Å². The maximum absolute atomic E-state index is 14.5. The van der Waals surface area contributed by atoms with Gasteiger partial charge in [-0.3, -0.25) is 0 Å². The predicted octanol–water partition coefficient (Wildman–Crippen LogP) is 4.04. The summed E-state index contributed by atoms with van der Waals surface area (Å²) in [7, 11) is -4.19. The van der Waals surface area contributed by atoms with E-state index in [0.717, 1.165) is 18.2 Å². The highest BCUT2D eigenvalue weighted by Crippen LogP contribution is 2.29. The molecule has 1 aliphatic heterocycles. The van der Waals surface area contributed by atoms with Gasteiger partial charge in [0.25, 0.3) is 0 Å². The van der Waals surface area contributed by atoms with E-state index in [4.69, 9.17) is 11.6 Å². The Morgan fingerprint density at radius 1 is 1.10 bits per heavy atom. The van der Waals surface area contributed by atoms with Gasteiger partial charge in [-0.05, 0) is 62.9 Å². The molecule has 10 heteroatoms. The van der Waals surface area contributed by atoms with Gasteiger partial charge in [-0.15, -0.1) is 0 Å². The van der Waals surface area contributed by atoms with Crippen molar-refractivity contribution in [1.29, 1.82) is 0 Å². The average Bonchev–Trinajstić information content (AvgIpc) is 2.68. The number of hydrogen-bond donors (Lipinski definition) is 3. The molecule has 2 aromatic rings. The van der Waals surface area contributed by atoms with Crippen LogP contribution in [-0.2, 0) is 10.0 Å². The molecule has 31 heavy (non-hydrogen) atoms. The summed E-state index contributed by atoms with van der Waals surface area (Å²) in [5.74, 6) is -1.56. The molecule has 0 saturated carbocycles. The summed E-state index contributed by atoms with van der Waals surface area (Å²) in [5.41, 5.74) is -0.566. The highest BCUT2D eigenvalue weighted by atomic mass is 35.5. The molecule has 170 valence electrons. The fourth-order valence-corrected chi connectivity index (χ4v) is 5.25. The summed E-state index contributed by atoms with van der Waals surface area (Å²) in [6.07, 6.45) is 0.638. The first-order chi connectivity index (χ1) is 14.5. The van der Waals surface area contributed by atoms with E-state index in [9.17, 15) is 27.4 Å². The van der Waals surface area contributed by atoms with Crippen LogP contribution in [0.15, 0.2) is 41.3 Å². The highest BCUT2D eigenvalue weighted by Gasteiger charge is 2.32. The molecule has 0 bridgehead atoms. The van der Waals surface area contributed by atoms with Crippen molar-refractivity contribution < 1.29 is 27.4 Å². The van der Waals surface area contributed by atoms with Gasteiger partial charge in [-0.25, -0.2) is 17.2 Å². The van der Waals surface area contributed by atoms with Crippen molar-refractivity contribution in [3.63, 3.8) is 0 Å². The van der Waals surface area contributed by atoms with Crippen LogP contribution in [0.3, 0.4) is 0 Å². The zero-order chi connectivity index (χ0) is 22.8. The Bertz CT molecular complexity index is 1050. The second-order valence-corrected chi connectivity index (χ2v) is 10.3. The van der Waals surface area contributed by atoms with Crippen LogP contribution in [-0.4, -0.2) is 41.6 Å². The van der Waals surface area contributed by atoms with E-state index in [1.807, 2.05) is 0 Å². The Balaban J connectivity index is 1.85. The van der Waals surface area contributed by atoms with Crippen molar-refractivity contribution in [1.82, 2.24) is 4.31 Å². The van der Waals surface area contributed by atoms with Crippen molar-refractivity contribution in [2.75, 3.05) is 18.4 Å². The Morgan fingerprint density at radius 3 is 2.52 bits per heavy atom. The third-order valence-electron chi connectivity index (χ3n) is 5.38. The van der Waals surface area contributed by atoms with Crippen molar-refractivity contribution in [2.24, 2.45) is 0 Å². The summed E-state index contributed by atoms with van der Waals surface area (Å²) in [6.45, 7) is 1.94. The molecule has 3 N–H and O–H groups in total. The topological polar surface area (TPSA) is 89.9 Å². The van der Waals surface area contributed by atoms with Gasteiger partial charge >= 0.3 is 0 Å². The number of benzene rings is 2. The molecule has 0 aliphatic carbocycles. The maximum atomic E-state index is 14.5. The van der Waals surface area contributed by atoms with Crippen molar-refractivity contribution in [3.8, 4) is 0 Å². The Morgan fingerprint density at radius 2 is 1.81 bits per heavy atom. The van der Waals surface area contributed by atoms with E-state index in [2.05, 4.69) is 5.32 Å². The molecule has 2 atom stereocenters. The fraction of sp³-hybridized carbons (Fsp3) is 0.429. The van der Waals surface area contributed by atoms with Crippen LogP contribution in [0.1, 0.15) is 44.4 Å². The molecule has 0 radical (unpaired) electrons. The minimum Gasteiger partial charge on any atom is -0.390 e. The second-order valence-electron chi connectivity index (χ2n) is 7.97. The third kappa shape index (κ3) is 5.72. The van der Waals surface area contributed by atoms with Crippen LogP contribution < -0.4 is 5.32 Å². The van der Waals surface area contributed by atoms with E-state index in [-0.39, 0.29) is 30.1 Å². The standard InChI is InChI=1S/C21H25ClF2N2O4S/c1-21(28)8-2-3-10-26(11-9-21)31(29,30)19-12-14(4-6-18(19)24)20(27)25-15-5-7-17(23)16(22)13-15/h4-7,12-13,20,25,27-28H,2-3,8-11H2,1H3. The van der Waals surface area contributed by atoms with Gasteiger partial charge in [0.05, 0.1) is 10.6 Å². The van der Waals surface area contributed by atoms with Crippen molar-refractivity contribution >= 4 is 27.3 Å². The smallest absolute Gasteiger partial charge is 0.245 e. The van der Waals surface area contributed by atoms with Gasteiger partial charge in [0.2, 0.25) is 10.0 Å². The lowest BCUT2D eigenvalue weighted by atomic mass is 9.94. The molecule has 3 rings (SSSR count). The number of nitrogens with zero attached hydrogens (tertiary/aromatic N) is 1. The van der Waals surface area contributed by atoms with Gasteiger partial charge < -0.3 is 15.5 Å². The molecule has 2 aromatic carbocycles. The van der Waals surface area contributed by atoms with Crippen LogP contribution in [0, 0.1) is 11.6 Å². The first-order valence-corrected chi connectivity index (χ1v) is 11.7. The summed E-state index contributed by atoms with van der Waals surface area (Å²) in [6, 6.07) is 7.06. The SMILES string of the molecule is CC1(O)CCCCN(S(=O)(=O)c2cc(C(O)Nc3ccc(F)c(Cl)c3)ccc2F)CC1. The number of hydrogen-bond acceptors (Lipinski definition) is 5. The quantitative estimate of drug-likeness (QED) is 0.569. The van der Waals surface area contributed by atoms with E-state index in [1.54, 1.807) is 6.92 Å². The van der Waals surface area contributed by atoms with Gasteiger partial charge in [0.1, 0.15) is 16.5 Å².